The quantitative estimate of drug-likeness (QED) is 0.796. The van der Waals surface area contributed by atoms with Gasteiger partial charge in [-0.2, -0.15) is 0 Å². The molecule has 1 N–H and O–H groups in total. The van der Waals surface area contributed by atoms with Crippen molar-refractivity contribution in [1.29, 1.82) is 0 Å². The number of likely N-dealkylation sites (N-methyl/N-ethyl adjacent to an activating group) is 1. The smallest absolute Gasteiger partial charge is 0.255 e. The number of hydrogen-bond acceptors (Lipinski definition) is 3. The number of fused-ring (bicyclic) bond motifs is 1. The first-order valence-electron chi connectivity index (χ1n) is 7.66. The maximum Gasteiger partial charge on any atom is 0.255 e. The van der Waals surface area contributed by atoms with Crippen LogP contribution in [0.15, 0.2) is 12.1 Å². The fraction of sp³-hybridized carbons (Fsp3) is 0.562. The number of benzene rings is 1. The third-order valence-electron chi connectivity index (χ3n) is 4.40. The fourth-order valence-corrected chi connectivity index (χ4v) is 3.97. The molecule has 1 saturated heterocycles. The van der Waals surface area contributed by atoms with Crippen LogP contribution >= 0.6 is 22.6 Å². The molecule has 0 aliphatic carbocycles. The van der Waals surface area contributed by atoms with E-state index in [9.17, 15) is 4.79 Å². The van der Waals surface area contributed by atoms with Crippen molar-refractivity contribution in [2.45, 2.75) is 32.2 Å². The first-order chi connectivity index (χ1) is 10.2. The van der Waals surface area contributed by atoms with E-state index in [1.54, 1.807) is 0 Å². The number of hydrogen-bond donors (Lipinski definition) is 1. The van der Waals surface area contributed by atoms with Crippen LogP contribution < -0.4 is 10.1 Å². The zero-order valence-electron chi connectivity index (χ0n) is 12.3. The second-order valence-electron chi connectivity index (χ2n) is 5.67. The molecule has 1 unspecified atom stereocenters. The molecule has 4 nitrogen and oxygen atoms in total. The topological polar surface area (TPSA) is 41.6 Å². The molecular weight excluding hydrogens is 375 g/mol. The van der Waals surface area contributed by atoms with Gasteiger partial charge in [-0.3, -0.25) is 9.69 Å². The van der Waals surface area contributed by atoms with Gasteiger partial charge in [-0.15, -0.1) is 0 Å². The summed E-state index contributed by atoms with van der Waals surface area (Å²) in [5.74, 6) is 0.779. The van der Waals surface area contributed by atoms with E-state index >= 15 is 0 Å². The summed E-state index contributed by atoms with van der Waals surface area (Å²) in [6, 6.07) is 4.51. The third kappa shape index (κ3) is 3.18. The summed E-state index contributed by atoms with van der Waals surface area (Å²) in [4.78, 5) is 14.9. The van der Waals surface area contributed by atoms with E-state index in [1.807, 2.05) is 6.07 Å². The molecule has 3 rings (SSSR count). The lowest BCUT2D eigenvalue weighted by Gasteiger charge is -2.23. The van der Waals surface area contributed by atoms with Crippen LogP contribution in [0, 0.1) is 3.57 Å². The molecule has 114 valence electrons. The number of rotatable bonds is 4. The maximum absolute atomic E-state index is 12.5. The minimum Gasteiger partial charge on any atom is -0.492 e. The highest BCUT2D eigenvalue weighted by Gasteiger charge is 2.25. The van der Waals surface area contributed by atoms with E-state index in [2.05, 4.69) is 45.8 Å². The maximum atomic E-state index is 12.5. The summed E-state index contributed by atoms with van der Waals surface area (Å²) in [5, 5.41) is 3.10. The SMILES string of the molecule is CCN1CCCC1CNC(=O)c1cc([123I])cc2c1OCC2. The highest BCUT2D eigenvalue weighted by molar-refractivity contribution is 14.1. The summed E-state index contributed by atoms with van der Waals surface area (Å²) >= 11 is 2.26. The Morgan fingerprint density at radius 2 is 2.38 bits per heavy atom. The Balaban J connectivity index is 1.69. The van der Waals surface area contributed by atoms with Crippen LogP contribution in [-0.4, -0.2) is 43.1 Å². The fourth-order valence-electron chi connectivity index (χ4n) is 3.29. The van der Waals surface area contributed by atoms with Gasteiger partial charge < -0.3 is 10.1 Å². The van der Waals surface area contributed by atoms with Gasteiger partial charge in [-0.05, 0) is 66.2 Å². The Hall–Kier alpha value is -0.820. The Morgan fingerprint density at radius 1 is 1.52 bits per heavy atom. The van der Waals surface area contributed by atoms with E-state index in [0.717, 1.165) is 40.9 Å². The molecule has 2 aliphatic heterocycles. The Morgan fingerprint density at radius 3 is 3.19 bits per heavy atom. The van der Waals surface area contributed by atoms with E-state index in [0.29, 0.717) is 18.2 Å². The monoisotopic (exact) mass is 396 g/mol. The summed E-state index contributed by atoms with van der Waals surface area (Å²) < 4.78 is 6.74. The average molecular weight is 396 g/mol. The number of carbonyl (C=O) groups excluding carboxylic acids is 1. The normalized spacial score (nSPS) is 21.1. The second kappa shape index (κ2) is 6.52. The van der Waals surface area contributed by atoms with E-state index in [4.69, 9.17) is 4.74 Å². The van der Waals surface area contributed by atoms with Crippen LogP contribution in [0.2, 0.25) is 0 Å². The van der Waals surface area contributed by atoms with Crippen molar-refractivity contribution in [2.75, 3.05) is 26.2 Å². The molecule has 0 saturated carbocycles. The van der Waals surface area contributed by atoms with Gasteiger partial charge in [0.15, 0.2) is 0 Å². The van der Waals surface area contributed by atoms with E-state index in [1.165, 1.54) is 12.8 Å². The predicted molar refractivity (Wildman–Crippen MR) is 91.0 cm³/mol. The molecular formula is C16H21IN2O2. The van der Waals surface area contributed by atoms with Gasteiger partial charge in [-0.1, -0.05) is 6.92 Å². The summed E-state index contributed by atoms with van der Waals surface area (Å²) in [6.07, 6.45) is 3.31. The molecule has 0 radical (unpaired) electrons. The summed E-state index contributed by atoms with van der Waals surface area (Å²) in [5.41, 5.74) is 1.85. The Bertz CT molecular complexity index is 547. The number of ether oxygens (including phenoxy) is 1. The molecule has 21 heavy (non-hydrogen) atoms. The number of carbonyl (C=O) groups is 1. The zero-order valence-corrected chi connectivity index (χ0v) is 14.5. The Kier molecular flexibility index (Phi) is 4.69. The molecule has 0 aromatic heterocycles. The van der Waals surface area contributed by atoms with E-state index < -0.39 is 0 Å². The first kappa shape index (κ1) is 15.1. The van der Waals surface area contributed by atoms with Crippen molar-refractivity contribution >= 4 is 28.5 Å². The van der Waals surface area contributed by atoms with Gasteiger partial charge in [0.25, 0.3) is 5.91 Å². The number of amides is 1. The molecule has 2 aliphatic rings. The van der Waals surface area contributed by atoms with Crippen LogP contribution in [0.4, 0.5) is 0 Å². The van der Waals surface area contributed by atoms with Gasteiger partial charge in [0.1, 0.15) is 5.75 Å². The zero-order chi connectivity index (χ0) is 14.8. The largest absolute Gasteiger partial charge is 0.492 e. The van der Waals surface area contributed by atoms with Gasteiger partial charge >= 0.3 is 0 Å². The number of likely N-dealkylation sites (tertiary alicyclic amines) is 1. The molecule has 5 heteroatoms. The van der Waals surface area contributed by atoms with Crippen LogP contribution in [0.3, 0.4) is 0 Å². The molecule has 1 aromatic carbocycles. The van der Waals surface area contributed by atoms with Crippen LogP contribution in [0.1, 0.15) is 35.7 Å². The van der Waals surface area contributed by atoms with Crippen molar-refractivity contribution < 1.29 is 9.53 Å². The highest BCUT2D eigenvalue weighted by atomic mass is 123. The second-order valence-corrected chi connectivity index (χ2v) is 6.92. The lowest BCUT2D eigenvalue weighted by atomic mass is 10.1. The molecule has 1 amide bonds. The van der Waals surface area contributed by atoms with Gasteiger partial charge in [0, 0.05) is 22.6 Å². The average Bonchev–Trinajstić information content (AvgIpc) is 3.11. The lowest BCUT2D eigenvalue weighted by molar-refractivity contribution is 0.0938. The number of nitrogens with zero attached hydrogens (tertiary/aromatic N) is 1. The summed E-state index contributed by atoms with van der Waals surface area (Å²) in [7, 11) is 0. The van der Waals surface area contributed by atoms with Crippen LogP contribution in [-0.2, 0) is 6.42 Å². The van der Waals surface area contributed by atoms with Crippen molar-refractivity contribution in [3.63, 3.8) is 0 Å². The van der Waals surface area contributed by atoms with Crippen molar-refractivity contribution in [1.82, 2.24) is 10.2 Å². The minimum atomic E-state index is -0.00498. The molecule has 1 atom stereocenters. The molecule has 0 bridgehead atoms. The van der Waals surface area contributed by atoms with Crippen LogP contribution in [0.25, 0.3) is 0 Å². The summed E-state index contributed by atoms with van der Waals surface area (Å²) in [6.45, 7) is 5.80. The molecule has 1 aromatic rings. The van der Waals surface area contributed by atoms with Crippen molar-refractivity contribution in [3.8, 4) is 5.75 Å². The lowest BCUT2D eigenvalue weighted by Crippen LogP contribution is -2.40. The Labute approximate surface area is 139 Å². The predicted octanol–water partition coefficient (Wildman–Crippen LogP) is 2.44. The van der Waals surface area contributed by atoms with Crippen LogP contribution in [0.5, 0.6) is 5.75 Å². The molecule has 2 heterocycles. The van der Waals surface area contributed by atoms with Gasteiger partial charge in [-0.25, -0.2) is 0 Å². The third-order valence-corrected chi connectivity index (χ3v) is 5.02. The number of nitrogens with one attached hydrogen (secondary N) is 1. The minimum absolute atomic E-state index is 0.00498. The van der Waals surface area contributed by atoms with Gasteiger partial charge in [0.2, 0.25) is 0 Å². The highest BCUT2D eigenvalue weighted by Crippen LogP contribution is 2.31. The molecule has 1 fully saturated rings. The van der Waals surface area contributed by atoms with Gasteiger partial charge in [0.05, 0.1) is 12.2 Å². The van der Waals surface area contributed by atoms with Crippen molar-refractivity contribution in [3.05, 3.63) is 26.8 Å². The molecule has 0 spiro atoms. The van der Waals surface area contributed by atoms with Crippen molar-refractivity contribution in [2.24, 2.45) is 0 Å². The number of halogens is 1. The standard InChI is InChI=1S/C16H21IN2O2/c1-2-19-6-3-4-13(19)10-18-16(20)14-9-12(17)8-11-5-7-21-15(11)14/h8-9,13H,2-7,10H2,1H3,(H,18,20)/i17-4. The van der Waals surface area contributed by atoms with E-state index in [-0.39, 0.29) is 5.91 Å². The first-order valence-corrected chi connectivity index (χ1v) is 8.74.